The maximum absolute atomic E-state index is 11.1. The molecule has 19 heavy (non-hydrogen) atoms. The van der Waals surface area contributed by atoms with E-state index in [1.165, 1.54) is 6.92 Å². The van der Waals surface area contributed by atoms with E-state index < -0.39 is 0 Å². The van der Waals surface area contributed by atoms with Gasteiger partial charge in [0.05, 0.1) is 0 Å². The van der Waals surface area contributed by atoms with Gasteiger partial charge in [-0.3, -0.25) is 4.79 Å². The first-order valence-electron chi connectivity index (χ1n) is 6.95. The Hall–Kier alpha value is -1.55. The molecule has 0 heterocycles. The first-order valence-corrected chi connectivity index (χ1v) is 6.95. The van der Waals surface area contributed by atoms with Gasteiger partial charge in [-0.2, -0.15) is 0 Å². The summed E-state index contributed by atoms with van der Waals surface area (Å²) < 4.78 is 0. The number of nitrogens with one attached hydrogen (secondary N) is 2. The van der Waals surface area contributed by atoms with Gasteiger partial charge in [0.2, 0.25) is 5.91 Å². The van der Waals surface area contributed by atoms with Crippen LogP contribution in [0.15, 0.2) is 18.2 Å². The zero-order valence-corrected chi connectivity index (χ0v) is 11.7. The van der Waals surface area contributed by atoms with Gasteiger partial charge in [-0.15, -0.1) is 0 Å². The molecule has 1 fully saturated rings. The average molecular weight is 261 g/mol. The van der Waals surface area contributed by atoms with Crippen LogP contribution in [0.5, 0.6) is 0 Å². The Morgan fingerprint density at radius 3 is 2.53 bits per heavy atom. The summed E-state index contributed by atoms with van der Waals surface area (Å²) in [6.07, 6.45) is 4.46. The fourth-order valence-corrected chi connectivity index (χ4v) is 2.58. The number of benzene rings is 1. The van der Waals surface area contributed by atoms with Gasteiger partial charge < -0.3 is 16.4 Å². The van der Waals surface area contributed by atoms with Crippen LogP contribution in [-0.4, -0.2) is 18.0 Å². The van der Waals surface area contributed by atoms with E-state index in [4.69, 9.17) is 5.73 Å². The molecule has 0 aromatic heterocycles. The average Bonchev–Trinajstić information content (AvgIpc) is 2.35. The number of nitrogens with two attached hydrogens (primary N) is 1. The minimum atomic E-state index is -0.0370. The highest BCUT2D eigenvalue weighted by Crippen LogP contribution is 2.24. The largest absolute Gasteiger partial charge is 0.382 e. The van der Waals surface area contributed by atoms with Crippen LogP contribution in [0.2, 0.25) is 0 Å². The van der Waals surface area contributed by atoms with Crippen LogP contribution < -0.4 is 16.4 Å². The van der Waals surface area contributed by atoms with E-state index in [0.717, 1.165) is 42.6 Å². The molecule has 104 valence electrons. The van der Waals surface area contributed by atoms with Crippen LogP contribution in [0.25, 0.3) is 0 Å². The Morgan fingerprint density at radius 2 is 1.95 bits per heavy atom. The molecular weight excluding hydrogens is 238 g/mol. The molecule has 0 spiro atoms. The second kappa shape index (κ2) is 6.06. The molecule has 1 aliphatic rings. The third-order valence-corrected chi connectivity index (χ3v) is 3.68. The molecule has 0 aliphatic heterocycles. The molecule has 1 aliphatic carbocycles. The van der Waals surface area contributed by atoms with E-state index >= 15 is 0 Å². The molecule has 0 radical (unpaired) electrons. The van der Waals surface area contributed by atoms with Crippen LogP contribution in [0.4, 0.5) is 11.4 Å². The molecule has 1 saturated carbocycles. The summed E-state index contributed by atoms with van der Waals surface area (Å²) in [6, 6.07) is 6.95. The van der Waals surface area contributed by atoms with Crippen molar-refractivity contribution in [3.05, 3.63) is 23.8 Å². The van der Waals surface area contributed by atoms with Gasteiger partial charge in [-0.05, 0) is 56.4 Å². The molecule has 0 unspecified atom stereocenters. The van der Waals surface area contributed by atoms with Crippen LogP contribution in [0, 0.1) is 6.92 Å². The van der Waals surface area contributed by atoms with Crippen molar-refractivity contribution < 1.29 is 4.79 Å². The second-order valence-corrected chi connectivity index (χ2v) is 5.47. The highest BCUT2D eigenvalue weighted by atomic mass is 16.1. The molecular formula is C15H23N3O. The van der Waals surface area contributed by atoms with Crippen molar-refractivity contribution in [2.24, 2.45) is 5.73 Å². The first-order chi connectivity index (χ1) is 9.04. The van der Waals surface area contributed by atoms with E-state index in [9.17, 15) is 4.79 Å². The summed E-state index contributed by atoms with van der Waals surface area (Å²) in [7, 11) is 0. The van der Waals surface area contributed by atoms with Crippen LogP contribution in [0.1, 0.15) is 38.2 Å². The number of anilines is 2. The molecule has 2 rings (SSSR count). The zero-order valence-electron chi connectivity index (χ0n) is 11.7. The minimum absolute atomic E-state index is 0.0370. The molecule has 0 atom stereocenters. The lowest BCUT2D eigenvalue weighted by molar-refractivity contribution is -0.114. The number of rotatable bonds is 3. The molecule has 0 saturated heterocycles. The maximum atomic E-state index is 11.1. The zero-order chi connectivity index (χ0) is 13.8. The number of carbonyl (C=O) groups excluding carboxylic acids is 1. The first kappa shape index (κ1) is 13.9. The number of amides is 1. The molecule has 4 nitrogen and oxygen atoms in total. The standard InChI is InChI=1S/C15H23N3O/c1-10-9-14(7-8-15(10)17-11(2)19)18-13-5-3-12(16)4-6-13/h7-9,12-13,18H,3-6,16H2,1-2H3,(H,17,19). The minimum Gasteiger partial charge on any atom is -0.382 e. The second-order valence-electron chi connectivity index (χ2n) is 5.47. The lowest BCUT2D eigenvalue weighted by Crippen LogP contribution is -2.32. The van der Waals surface area contributed by atoms with Gasteiger partial charge in [0, 0.05) is 30.4 Å². The Labute approximate surface area is 114 Å². The van der Waals surface area contributed by atoms with Gasteiger partial charge in [-0.25, -0.2) is 0 Å². The van der Waals surface area contributed by atoms with E-state index in [-0.39, 0.29) is 5.91 Å². The lowest BCUT2D eigenvalue weighted by atomic mass is 9.91. The third-order valence-electron chi connectivity index (χ3n) is 3.68. The Morgan fingerprint density at radius 1 is 1.26 bits per heavy atom. The monoisotopic (exact) mass is 261 g/mol. The third kappa shape index (κ3) is 3.96. The summed E-state index contributed by atoms with van der Waals surface area (Å²) in [6.45, 7) is 3.53. The molecule has 4 heteroatoms. The van der Waals surface area contributed by atoms with Crippen LogP contribution in [-0.2, 0) is 4.79 Å². The van der Waals surface area contributed by atoms with Crippen molar-refractivity contribution in [2.75, 3.05) is 10.6 Å². The Bertz CT molecular complexity index is 451. The summed E-state index contributed by atoms with van der Waals surface area (Å²) in [5.74, 6) is -0.0370. The highest BCUT2D eigenvalue weighted by molar-refractivity contribution is 5.89. The van der Waals surface area contributed by atoms with E-state index in [1.807, 2.05) is 19.1 Å². The number of aryl methyl sites for hydroxylation is 1. The van der Waals surface area contributed by atoms with Crippen molar-refractivity contribution in [3.63, 3.8) is 0 Å². The number of carbonyl (C=O) groups is 1. The molecule has 1 aromatic rings. The van der Waals surface area contributed by atoms with E-state index in [2.05, 4.69) is 16.7 Å². The SMILES string of the molecule is CC(=O)Nc1ccc(NC2CCC(N)CC2)cc1C. The topological polar surface area (TPSA) is 67.2 Å². The molecule has 1 amide bonds. The fraction of sp³-hybridized carbons (Fsp3) is 0.533. The summed E-state index contributed by atoms with van der Waals surface area (Å²) >= 11 is 0. The van der Waals surface area contributed by atoms with Crippen molar-refractivity contribution in [2.45, 2.75) is 51.6 Å². The quantitative estimate of drug-likeness (QED) is 0.783. The Kier molecular flexibility index (Phi) is 4.43. The maximum Gasteiger partial charge on any atom is 0.221 e. The Balaban J connectivity index is 1.98. The van der Waals surface area contributed by atoms with Crippen molar-refractivity contribution in [1.29, 1.82) is 0 Å². The van der Waals surface area contributed by atoms with Gasteiger partial charge in [0.1, 0.15) is 0 Å². The highest BCUT2D eigenvalue weighted by Gasteiger charge is 2.18. The predicted octanol–water partition coefficient (Wildman–Crippen LogP) is 2.64. The van der Waals surface area contributed by atoms with Gasteiger partial charge in [-0.1, -0.05) is 0 Å². The van der Waals surface area contributed by atoms with Crippen LogP contribution >= 0.6 is 0 Å². The van der Waals surface area contributed by atoms with Gasteiger partial charge >= 0.3 is 0 Å². The van der Waals surface area contributed by atoms with E-state index in [1.54, 1.807) is 0 Å². The normalized spacial score (nSPS) is 22.9. The van der Waals surface area contributed by atoms with Gasteiger partial charge in [0.15, 0.2) is 0 Å². The summed E-state index contributed by atoms with van der Waals surface area (Å²) in [4.78, 5) is 11.1. The summed E-state index contributed by atoms with van der Waals surface area (Å²) in [5, 5.41) is 6.38. The number of hydrogen-bond acceptors (Lipinski definition) is 3. The lowest BCUT2D eigenvalue weighted by Gasteiger charge is -2.27. The molecule has 0 bridgehead atoms. The predicted molar refractivity (Wildman–Crippen MR) is 79.3 cm³/mol. The van der Waals surface area contributed by atoms with Crippen LogP contribution in [0.3, 0.4) is 0 Å². The molecule has 1 aromatic carbocycles. The fourth-order valence-electron chi connectivity index (χ4n) is 2.58. The number of hydrogen-bond donors (Lipinski definition) is 3. The molecule has 4 N–H and O–H groups in total. The summed E-state index contributed by atoms with van der Waals surface area (Å²) in [5.41, 5.74) is 8.99. The van der Waals surface area contributed by atoms with Crippen molar-refractivity contribution in [1.82, 2.24) is 0 Å². The van der Waals surface area contributed by atoms with Crippen molar-refractivity contribution in [3.8, 4) is 0 Å². The van der Waals surface area contributed by atoms with Crippen molar-refractivity contribution >= 4 is 17.3 Å². The van der Waals surface area contributed by atoms with Gasteiger partial charge in [0.25, 0.3) is 0 Å². The smallest absolute Gasteiger partial charge is 0.221 e. The van der Waals surface area contributed by atoms with E-state index in [0.29, 0.717) is 12.1 Å².